The lowest BCUT2D eigenvalue weighted by Gasteiger charge is -2.04. The molecule has 0 atom stereocenters. The summed E-state index contributed by atoms with van der Waals surface area (Å²) in [5.74, 6) is 0.400. The number of amidine groups is 1. The highest BCUT2D eigenvalue weighted by Gasteiger charge is 2.06. The molecule has 1 amide bonds. The maximum absolute atomic E-state index is 11.3. The summed E-state index contributed by atoms with van der Waals surface area (Å²) in [4.78, 5) is 14.9. The molecule has 0 saturated carbocycles. The molecule has 1 aromatic rings. The minimum atomic E-state index is -0.742. The molecule has 0 aliphatic carbocycles. The molecular weight excluding hydrogens is 242 g/mol. The Kier molecular flexibility index (Phi) is 4.89. The smallest absolute Gasteiger partial charge is 0.418 e. The number of thiocarbonyl (C=S) groups is 1. The number of rotatable bonds is 1. The van der Waals surface area contributed by atoms with E-state index in [2.05, 4.69) is 15.0 Å². The van der Waals surface area contributed by atoms with E-state index in [9.17, 15) is 4.79 Å². The lowest BCUT2D eigenvalue weighted by molar-refractivity contribution is 0.206. The zero-order valence-electron chi connectivity index (χ0n) is 9.04. The standard InChI is InChI=1S/C10H11N3O3S.H2/c1-15-8(11)12-9(17)13-10(14)16-7-5-3-2-4-6-7;/h2-6H,1H3,(H3,11,12,13,14,17);1H. The lowest BCUT2D eigenvalue weighted by atomic mass is 10.3. The van der Waals surface area contributed by atoms with Gasteiger partial charge in [0.2, 0.25) is 5.11 Å². The Balaban J connectivity index is 0.00000289. The summed E-state index contributed by atoms with van der Waals surface area (Å²) >= 11 is 4.73. The van der Waals surface area contributed by atoms with E-state index in [-0.39, 0.29) is 12.6 Å². The minimum Gasteiger partial charge on any atom is -0.468 e. The van der Waals surface area contributed by atoms with E-state index >= 15 is 0 Å². The van der Waals surface area contributed by atoms with Gasteiger partial charge in [-0.15, -0.1) is 0 Å². The van der Waals surface area contributed by atoms with Crippen LogP contribution in [-0.2, 0) is 4.74 Å². The molecule has 0 spiro atoms. The number of hydrogen-bond donors (Lipinski definition) is 2. The van der Waals surface area contributed by atoms with Crippen molar-refractivity contribution in [2.75, 3.05) is 7.11 Å². The van der Waals surface area contributed by atoms with E-state index in [1.165, 1.54) is 7.11 Å². The highest BCUT2D eigenvalue weighted by atomic mass is 32.1. The fraction of sp³-hybridized carbons (Fsp3) is 0.100. The summed E-state index contributed by atoms with van der Waals surface area (Å²) in [6.45, 7) is 0. The predicted molar refractivity (Wildman–Crippen MR) is 68.9 cm³/mol. The first-order valence-electron chi connectivity index (χ1n) is 4.58. The normalized spacial score (nSPS) is 10.5. The van der Waals surface area contributed by atoms with Gasteiger partial charge >= 0.3 is 6.09 Å². The van der Waals surface area contributed by atoms with Gasteiger partial charge in [0.1, 0.15) is 5.75 Å². The van der Waals surface area contributed by atoms with E-state index in [0.29, 0.717) is 5.75 Å². The van der Waals surface area contributed by atoms with Gasteiger partial charge in [-0.3, -0.25) is 5.32 Å². The molecule has 0 aliphatic rings. The zero-order valence-corrected chi connectivity index (χ0v) is 9.86. The fourth-order valence-corrected chi connectivity index (χ4v) is 1.06. The second kappa shape index (κ2) is 6.44. The molecule has 0 unspecified atom stereocenters. The zero-order chi connectivity index (χ0) is 12.7. The molecule has 0 radical (unpaired) electrons. The van der Waals surface area contributed by atoms with Crippen molar-refractivity contribution in [2.24, 2.45) is 10.7 Å². The quantitative estimate of drug-likeness (QED) is 0.448. The number of amides is 1. The molecule has 0 bridgehead atoms. The molecule has 6 nitrogen and oxygen atoms in total. The Bertz CT molecular complexity index is 439. The molecule has 1 aromatic carbocycles. The Labute approximate surface area is 105 Å². The van der Waals surface area contributed by atoms with Crippen LogP contribution in [0.3, 0.4) is 0 Å². The number of carbonyl (C=O) groups is 1. The predicted octanol–water partition coefficient (Wildman–Crippen LogP) is 1.27. The maximum atomic E-state index is 11.3. The molecule has 1 rings (SSSR count). The van der Waals surface area contributed by atoms with E-state index in [1.54, 1.807) is 30.3 Å². The van der Waals surface area contributed by atoms with Crippen LogP contribution in [0.5, 0.6) is 5.75 Å². The number of aliphatic imine (C=N–C) groups is 1. The Hall–Kier alpha value is -2.15. The van der Waals surface area contributed by atoms with Gasteiger partial charge in [-0.1, -0.05) is 18.2 Å². The lowest BCUT2D eigenvalue weighted by Crippen LogP contribution is -2.32. The number of nitrogens with zero attached hydrogens (tertiary/aromatic N) is 1. The summed E-state index contributed by atoms with van der Waals surface area (Å²) in [5.41, 5.74) is 5.25. The first-order chi connectivity index (χ1) is 8.11. The Morgan fingerprint density at radius 3 is 2.71 bits per heavy atom. The van der Waals surface area contributed by atoms with Crippen molar-refractivity contribution in [3.63, 3.8) is 0 Å². The van der Waals surface area contributed by atoms with Gasteiger partial charge in [-0.2, -0.15) is 4.99 Å². The first kappa shape index (κ1) is 12.9. The van der Waals surface area contributed by atoms with Crippen molar-refractivity contribution < 1.29 is 15.7 Å². The number of carbonyl (C=O) groups excluding carboxylic acids is 1. The topological polar surface area (TPSA) is 85.9 Å². The number of nitrogens with one attached hydrogen (secondary N) is 1. The van der Waals surface area contributed by atoms with Crippen LogP contribution in [0.1, 0.15) is 1.43 Å². The van der Waals surface area contributed by atoms with E-state index in [0.717, 1.165) is 0 Å². The second-order valence-electron chi connectivity index (χ2n) is 2.79. The van der Waals surface area contributed by atoms with Crippen molar-refractivity contribution in [2.45, 2.75) is 0 Å². The van der Waals surface area contributed by atoms with Crippen LogP contribution in [0.25, 0.3) is 0 Å². The van der Waals surface area contributed by atoms with Crippen LogP contribution in [-0.4, -0.2) is 24.3 Å². The number of methoxy groups -OCH3 is 1. The highest BCUT2D eigenvalue weighted by molar-refractivity contribution is 7.80. The van der Waals surface area contributed by atoms with Crippen molar-refractivity contribution in [3.8, 4) is 5.75 Å². The van der Waals surface area contributed by atoms with E-state index < -0.39 is 6.09 Å². The number of hydrogen-bond acceptors (Lipinski definition) is 4. The first-order valence-corrected chi connectivity index (χ1v) is 4.98. The van der Waals surface area contributed by atoms with E-state index in [1.807, 2.05) is 0 Å². The number of nitrogens with two attached hydrogens (primary N) is 1. The van der Waals surface area contributed by atoms with Gasteiger partial charge < -0.3 is 15.2 Å². The Morgan fingerprint density at radius 1 is 1.47 bits per heavy atom. The molecule has 92 valence electrons. The average molecular weight is 255 g/mol. The van der Waals surface area contributed by atoms with Gasteiger partial charge in [-0.25, -0.2) is 4.79 Å². The third-order valence-corrected chi connectivity index (χ3v) is 1.78. The van der Waals surface area contributed by atoms with Gasteiger partial charge in [0, 0.05) is 1.43 Å². The summed E-state index contributed by atoms with van der Waals surface area (Å²) in [5, 5.41) is 2.08. The van der Waals surface area contributed by atoms with Crippen LogP contribution < -0.4 is 15.8 Å². The molecule has 3 N–H and O–H groups in total. The number of ether oxygens (including phenoxy) is 2. The monoisotopic (exact) mass is 255 g/mol. The van der Waals surface area contributed by atoms with Crippen molar-refractivity contribution in [1.82, 2.24) is 5.32 Å². The van der Waals surface area contributed by atoms with E-state index in [4.69, 9.17) is 22.7 Å². The van der Waals surface area contributed by atoms with Crippen LogP contribution in [0.2, 0.25) is 0 Å². The van der Waals surface area contributed by atoms with Gasteiger partial charge in [0.15, 0.2) is 0 Å². The molecule has 0 aromatic heterocycles. The molecule has 0 heterocycles. The third kappa shape index (κ3) is 4.94. The summed E-state index contributed by atoms with van der Waals surface area (Å²) in [6.07, 6.45) is -0.742. The molecule has 0 saturated heterocycles. The third-order valence-electron chi connectivity index (χ3n) is 1.58. The van der Waals surface area contributed by atoms with Crippen LogP contribution >= 0.6 is 12.2 Å². The Morgan fingerprint density at radius 2 is 2.12 bits per heavy atom. The molecular formula is C10H13N3O3S. The van der Waals surface area contributed by atoms with Crippen molar-refractivity contribution in [3.05, 3.63) is 30.3 Å². The minimum absolute atomic E-state index is 0. The number of para-hydroxylation sites is 1. The molecule has 0 fully saturated rings. The highest BCUT2D eigenvalue weighted by Crippen LogP contribution is 2.07. The van der Waals surface area contributed by atoms with Gasteiger partial charge in [0.05, 0.1) is 7.11 Å². The van der Waals surface area contributed by atoms with Crippen molar-refractivity contribution in [1.29, 1.82) is 0 Å². The SMILES string of the molecule is CO/C(N)=N/C(=S)NC(=O)Oc1ccccc1.[HH]. The van der Waals surface area contributed by atoms with Crippen LogP contribution in [0, 0.1) is 0 Å². The second-order valence-corrected chi connectivity index (χ2v) is 3.17. The van der Waals surface area contributed by atoms with Gasteiger partial charge in [-0.05, 0) is 24.4 Å². The molecule has 17 heavy (non-hydrogen) atoms. The summed E-state index contributed by atoms with van der Waals surface area (Å²) < 4.78 is 9.48. The number of benzene rings is 1. The fourth-order valence-electron chi connectivity index (χ4n) is 0.882. The van der Waals surface area contributed by atoms with Gasteiger partial charge in [0.25, 0.3) is 6.02 Å². The summed E-state index contributed by atoms with van der Waals surface area (Å²) in [6, 6.07) is 8.41. The average Bonchev–Trinajstić information content (AvgIpc) is 2.29. The molecule has 7 heteroatoms. The van der Waals surface area contributed by atoms with Crippen LogP contribution in [0.15, 0.2) is 35.3 Å². The van der Waals surface area contributed by atoms with Crippen LogP contribution in [0.4, 0.5) is 4.79 Å². The molecule has 0 aliphatic heterocycles. The van der Waals surface area contributed by atoms with Crippen molar-refractivity contribution >= 4 is 29.4 Å². The largest absolute Gasteiger partial charge is 0.468 e. The maximum Gasteiger partial charge on any atom is 0.418 e. The summed E-state index contributed by atoms with van der Waals surface area (Å²) in [7, 11) is 1.34.